The minimum Gasteiger partial charge on any atom is -0.342 e. The van der Waals surface area contributed by atoms with Crippen molar-refractivity contribution >= 4 is 18.3 Å². The van der Waals surface area contributed by atoms with E-state index in [1.807, 2.05) is 32.2 Å². The van der Waals surface area contributed by atoms with Crippen LogP contribution in [0.5, 0.6) is 0 Å². The summed E-state index contributed by atoms with van der Waals surface area (Å²) in [5.74, 6) is 0.436. The molecule has 1 aromatic carbocycles. The molecule has 2 aromatic rings. The SMILES string of the molecule is Cc1cc(-n2cncn2)ccc1C(=O)N(C)CCC(N)C(C)C.Cl. The highest BCUT2D eigenvalue weighted by Crippen LogP contribution is 2.16. The second kappa shape index (κ2) is 8.80. The first-order chi connectivity index (χ1) is 10.9. The first kappa shape index (κ1) is 20.1. The fraction of sp³-hybridized carbons (Fsp3) is 0.471. The molecule has 0 radical (unpaired) electrons. The summed E-state index contributed by atoms with van der Waals surface area (Å²) in [6.07, 6.45) is 3.92. The first-order valence-corrected chi connectivity index (χ1v) is 7.87. The quantitative estimate of drug-likeness (QED) is 0.867. The number of carbonyl (C=O) groups excluding carboxylic acids is 1. The van der Waals surface area contributed by atoms with Crippen LogP contribution in [-0.4, -0.2) is 45.2 Å². The van der Waals surface area contributed by atoms with Crippen molar-refractivity contribution in [2.75, 3.05) is 13.6 Å². The molecule has 0 aliphatic heterocycles. The van der Waals surface area contributed by atoms with E-state index < -0.39 is 0 Å². The molecule has 1 atom stereocenters. The summed E-state index contributed by atoms with van der Waals surface area (Å²) in [6, 6.07) is 5.77. The summed E-state index contributed by atoms with van der Waals surface area (Å²) in [6.45, 7) is 6.78. The Labute approximate surface area is 149 Å². The van der Waals surface area contributed by atoms with Gasteiger partial charge in [-0.15, -0.1) is 12.4 Å². The van der Waals surface area contributed by atoms with Crippen molar-refractivity contribution < 1.29 is 4.79 Å². The highest BCUT2D eigenvalue weighted by molar-refractivity contribution is 5.95. The molecule has 2 rings (SSSR count). The van der Waals surface area contributed by atoms with Gasteiger partial charge in [0.1, 0.15) is 12.7 Å². The number of benzene rings is 1. The zero-order valence-corrected chi connectivity index (χ0v) is 15.5. The average molecular weight is 352 g/mol. The lowest BCUT2D eigenvalue weighted by molar-refractivity contribution is 0.0788. The second-order valence-electron chi connectivity index (χ2n) is 6.26. The smallest absolute Gasteiger partial charge is 0.253 e. The van der Waals surface area contributed by atoms with E-state index in [1.165, 1.54) is 6.33 Å². The standard InChI is InChI=1S/C17H25N5O.ClH/c1-12(2)16(18)7-8-21(4)17(23)15-6-5-14(9-13(15)3)22-11-19-10-20-22;/h5-6,9-12,16H,7-8,18H2,1-4H3;1H. The van der Waals surface area contributed by atoms with Gasteiger partial charge in [0.2, 0.25) is 0 Å². The van der Waals surface area contributed by atoms with E-state index in [0.717, 1.165) is 17.7 Å². The number of nitrogens with zero attached hydrogens (tertiary/aromatic N) is 4. The van der Waals surface area contributed by atoms with Crippen molar-refractivity contribution in [3.8, 4) is 5.69 Å². The van der Waals surface area contributed by atoms with Gasteiger partial charge >= 0.3 is 0 Å². The molecule has 132 valence electrons. The number of amides is 1. The van der Waals surface area contributed by atoms with E-state index in [-0.39, 0.29) is 24.4 Å². The summed E-state index contributed by atoms with van der Waals surface area (Å²) in [7, 11) is 1.82. The Morgan fingerprint density at radius 2 is 2.08 bits per heavy atom. The predicted octanol–water partition coefficient (Wildman–Crippen LogP) is 2.44. The van der Waals surface area contributed by atoms with Crippen LogP contribution in [0.2, 0.25) is 0 Å². The van der Waals surface area contributed by atoms with Crippen LogP contribution in [0.25, 0.3) is 5.69 Å². The van der Waals surface area contributed by atoms with E-state index in [1.54, 1.807) is 15.9 Å². The lowest BCUT2D eigenvalue weighted by atomic mass is 10.0. The molecule has 6 nitrogen and oxygen atoms in total. The van der Waals surface area contributed by atoms with Gasteiger partial charge in [-0.3, -0.25) is 4.79 Å². The summed E-state index contributed by atoms with van der Waals surface area (Å²) >= 11 is 0. The molecular weight excluding hydrogens is 326 g/mol. The lowest BCUT2D eigenvalue weighted by Crippen LogP contribution is -2.34. The van der Waals surface area contributed by atoms with Crippen molar-refractivity contribution in [3.05, 3.63) is 42.0 Å². The average Bonchev–Trinajstić information content (AvgIpc) is 3.05. The maximum Gasteiger partial charge on any atom is 0.253 e. The minimum atomic E-state index is 0. The van der Waals surface area contributed by atoms with Crippen molar-refractivity contribution in [1.82, 2.24) is 19.7 Å². The van der Waals surface area contributed by atoms with Gasteiger partial charge in [-0.1, -0.05) is 13.8 Å². The van der Waals surface area contributed by atoms with Crippen LogP contribution in [0.3, 0.4) is 0 Å². The zero-order valence-electron chi connectivity index (χ0n) is 14.6. The molecule has 24 heavy (non-hydrogen) atoms. The summed E-state index contributed by atoms with van der Waals surface area (Å²) in [5, 5.41) is 4.10. The molecule has 1 amide bonds. The molecule has 0 aliphatic rings. The van der Waals surface area contributed by atoms with Crippen molar-refractivity contribution in [3.63, 3.8) is 0 Å². The Kier molecular flexibility index (Phi) is 7.38. The van der Waals surface area contributed by atoms with Gasteiger partial charge in [0, 0.05) is 25.2 Å². The number of hydrogen-bond donors (Lipinski definition) is 1. The van der Waals surface area contributed by atoms with Crippen molar-refractivity contribution in [1.29, 1.82) is 0 Å². The maximum atomic E-state index is 12.6. The molecule has 7 heteroatoms. The van der Waals surface area contributed by atoms with E-state index in [9.17, 15) is 4.79 Å². The van der Waals surface area contributed by atoms with E-state index in [2.05, 4.69) is 23.9 Å². The Morgan fingerprint density at radius 1 is 1.38 bits per heavy atom. The first-order valence-electron chi connectivity index (χ1n) is 7.87. The number of hydrogen-bond acceptors (Lipinski definition) is 4. The molecule has 0 bridgehead atoms. The number of rotatable bonds is 6. The molecule has 0 saturated carbocycles. The third-order valence-electron chi connectivity index (χ3n) is 4.12. The summed E-state index contributed by atoms with van der Waals surface area (Å²) in [5.41, 5.74) is 8.57. The van der Waals surface area contributed by atoms with Gasteiger partial charge in [-0.05, 0) is 43.0 Å². The van der Waals surface area contributed by atoms with Gasteiger partial charge in [0.05, 0.1) is 5.69 Å². The molecule has 1 aromatic heterocycles. The number of halogens is 1. The third kappa shape index (κ3) is 4.79. The van der Waals surface area contributed by atoms with Gasteiger partial charge < -0.3 is 10.6 Å². The molecule has 0 fully saturated rings. The summed E-state index contributed by atoms with van der Waals surface area (Å²) in [4.78, 5) is 18.3. The molecule has 1 heterocycles. The lowest BCUT2D eigenvalue weighted by Gasteiger charge is -2.22. The van der Waals surface area contributed by atoms with Gasteiger partial charge in [-0.2, -0.15) is 5.10 Å². The van der Waals surface area contributed by atoms with Crippen LogP contribution in [0.1, 0.15) is 36.2 Å². The molecule has 0 aliphatic carbocycles. The number of nitrogens with two attached hydrogens (primary N) is 1. The molecule has 0 saturated heterocycles. The van der Waals surface area contributed by atoms with Crippen LogP contribution in [0, 0.1) is 12.8 Å². The van der Waals surface area contributed by atoms with Crippen LogP contribution < -0.4 is 5.73 Å². The maximum absolute atomic E-state index is 12.6. The highest BCUT2D eigenvalue weighted by Gasteiger charge is 2.16. The Morgan fingerprint density at radius 3 is 2.62 bits per heavy atom. The number of aromatic nitrogens is 3. The van der Waals surface area contributed by atoms with Crippen LogP contribution in [0.4, 0.5) is 0 Å². The number of aryl methyl sites for hydroxylation is 1. The topological polar surface area (TPSA) is 77.0 Å². The van der Waals surface area contributed by atoms with Crippen molar-refractivity contribution in [2.45, 2.75) is 33.2 Å². The molecule has 1 unspecified atom stereocenters. The van der Waals surface area contributed by atoms with Gasteiger partial charge in [0.15, 0.2) is 0 Å². The molecule has 2 N–H and O–H groups in total. The van der Waals surface area contributed by atoms with Crippen LogP contribution in [0.15, 0.2) is 30.9 Å². The summed E-state index contributed by atoms with van der Waals surface area (Å²) < 4.78 is 1.67. The Bertz CT molecular complexity index is 657. The second-order valence-corrected chi connectivity index (χ2v) is 6.26. The van der Waals surface area contributed by atoms with E-state index in [0.29, 0.717) is 18.0 Å². The van der Waals surface area contributed by atoms with Gasteiger partial charge in [-0.25, -0.2) is 9.67 Å². The minimum absolute atomic E-state index is 0. The predicted molar refractivity (Wildman–Crippen MR) is 97.7 cm³/mol. The van der Waals surface area contributed by atoms with Gasteiger partial charge in [0.25, 0.3) is 5.91 Å². The normalized spacial score (nSPS) is 11.9. The third-order valence-corrected chi connectivity index (χ3v) is 4.12. The highest BCUT2D eigenvalue weighted by atomic mass is 35.5. The van der Waals surface area contributed by atoms with E-state index in [4.69, 9.17) is 5.73 Å². The van der Waals surface area contributed by atoms with Crippen LogP contribution >= 0.6 is 12.4 Å². The number of carbonyl (C=O) groups is 1. The Balaban J connectivity index is 0.00000288. The molecule has 0 spiro atoms. The van der Waals surface area contributed by atoms with E-state index >= 15 is 0 Å². The monoisotopic (exact) mass is 351 g/mol. The largest absolute Gasteiger partial charge is 0.342 e. The fourth-order valence-corrected chi connectivity index (χ4v) is 2.36. The Hall–Kier alpha value is -1.92. The zero-order chi connectivity index (χ0) is 17.0. The fourth-order valence-electron chi connectivity index (χ4n) is 2.36. The van der Waals surface area contributed by atoms with Crippen molar-refractivity contribution in [2.24, 2.45) is 11.7 Å². The van der Waals surface area contributed by atoms with Crippen LogP contribution in [-0.2, 0) is 0 Å². The molecular formula is C17H26ClN5O.